The van der Waals surface area contributed by atoms with Gasteiger partial charge in [0.05, 0.1) is 11.1 Å². The Kier molecular flexibility index (Phi) is 4.92. The van der Waals surface area contributed by atoms with E-state index in [4.69, 9.17) is 4.42 Å². The van der Waals surface area contributed by atoms with Gasteiger partial charge in [-0.15, -0.1) is 0 Å². The highest BCUT2D eigenvalue weighted by atomic mass is 16.4. The number of rotatable bonds is 3. The number of hydrogen-bond donors (Lipinski definition) is 2. The number of ketones is 1. The number of piperidine rings is 1. The average molecular weight is 485 g/mol. The molecule has 0 radical (unpaired) electrons. The van der Waals surface area contributed by atoms with Gasteiger partial charge in [0.15, 0.2) is 5.58 Å². The maximum Gasteiger partial charge on any atom is 0.419 e. The number of aromatic nitrogens is 3. The summed E-state index contributed by atoms with van der Waals surface area (Å²) < 4.78 is 6.72. The van der Waals surface area contributed by atoms with Gasteiger partial charge in [-0.05, 0) is 43.5 Å². The Labute approximate surface area is 206 Å². The number of fused-ring (bicyclic) bond motifs is 3. The van der Waals surface area contributed by atoms with Crippen molar-refractivity contribution in [1.82, 2.24) is 19.9 Å². The third-order valence-electron chi connectivity index (χ3n) is 7.20. The summed E-state index contributed by atoms with van der Waals surface area (Å²) in [6.45, 7) is 3.14. The molecule has 2 aromatic heterocycles. The molecule has 2 aromatic carbocycles. The largest absolute Gasteiger partial charge is 0.419 e. The molecule has 2 aliphatic rings. The Morgan fingerprint density at radius 3 is 2.67 bits per heavy atom. The molecule has 0 bridgehead atoms. The summed E-state index contributed by atoms with van der Waals surface area (Å²) in [5, 5.41) is 6.02. The molecule has 6 rings (SSSR count). The van der Waals surface area contributed by atoms with Gasteiger partial charge in [-0.1, -0.05) is 18.2 Å². The molecule has 4 heterocycles. The highest BCUT2D eigenvalue weighted by Gasteiger charge is 2.42. The zero-order valence-electron chi connectivity index (χ0n) is 19.9. The molecule has 0 unspecified atom stereocenters. The van der Waals surface area contributed by atoms with Crippen molar-refractivity contribution >= 4 is 34.4 Å². The van der Waals surface area contributed by atoms with Crippen LogP contribution in [0.2, 0.25) is 0 Å². The van der Waals surface area contributed by atoms with Crippen molar-refractivity contribution in [2.45, 2.75) is 25.3 Å². The van der Waals surface area contributed by atoms with Gasteiger partial charge in [-0.3, -0.25) is 9.36 Å². The molecule has 0 aliphatic carbocycles. The molecule has 10 heteroatoms. The number of nitrogens with one attached hydrogen (secondary N) is 2. The van der Waals surface area contributed by atoms with Crippen LogP contribution in [0, 0.1) is 6.92 Å². The lowest BCUT2D eigenvalue weighted by Gasteiger charge is -2.45. The first-order valence-electron chi connectivity index (χ1n) is 11.8. The predicted molar refractivity (Wildman–Crippen MR) is 133 cm³/mol. The van der Waals surface area contributed by atoms with E-state index >= 15 is 0 Å². The van der Waals surface area contributed by atoms with E-state index in [9.17, 15) is 14.4 Å². The fourth-order valence-corrected chi connectivity index (χ4v) is 5.39. The van der Waals surface area contributed by atoms with E-state index in [1.807, 2.05) is 31.2 Å². The van der Waals surface area contributed by atoms with Crippen molar-refractivity contribution in [2.24, 2.45) is 7.05 Å². The molecule has 2 aliphatic heterocycles. The highest BCUT2D eigenvalue weighted by molar-refractivity contribution is 6.09. The lowest BCUT2D eigenvalue weighted by atomic mass is 9.79. The van der Waals surface area contributed by atoms with Crippen LogP contribution in [-0.4, -0.2) is 39.4 Å². The molecule has 0 atom stereocenters. The third kappa shape index (κ3) is 3.44. The summed E-state index contributed by atoms with van der Waals surface area (Å²) in [6, 6.07) is 12.7. The highest BCUT2D eigenvalue weighted by Crippen LogP contribution is 2.40. The number of anilines is 2. The number of amides is 2. The van der Waals surface area contributed by atoms with Crippen molar-refractivity contribution in [1.29, 1.82) is 0 Å². The average Bonchev–Trinajstić information content (AvgIpc) is 3.17. The molecule has 4 aromatic rings. The SMILES string of the molecule is Cc1cc(C(=O)c2cc(N3CCC4(CC3)NC(=O)Nc3ccccc34)ncn2)cc2oc(=O)n(C)c12. The van der Waals surface area contributed by atoms with Gasteiger partial charge in [0.25, 0.3) is 0 Å². The lowest BCUT2D eigenvalue weighted by molar-refractivity contribution is 0.103. The van der Waals surface area contributed by atoms with Gasteiger partial charge >= 0.3 is 11.8 Å². The molecule has 182 valence electrons. The van der Waals surface area contributed by atoms with Crippen molar-refractivity contribution in [3.8, 4) is 0 Å². The molecule has 1 fully saturated rings. The van der Waals surface area contributed by atoms with Gasteiger partial charge in [0.2, 0.25) is 5.78 Å². The van der Waals surface area contributed by atoms with E-state index in [1.165, 1.54) is 10.9 Å². The number of para-hydroxylation sites is 1. The van der Waals surface area contributed by atoms with Crippen LogP contribution in [0.15, 0.2) is 58.0 Å². The van der Waals surface area contributed by atoms with Crippen LogP contribution in [0.4, 0.5) is 16.3 Å². The first kappa shape index (κ1) is 22.0. The van der Waals surface area contributed by atoms with Gasteiger partial charge in [-0.2, -0.15) is 0 Å². The number of urea groups is 1. The minimum Gasteiger partial charge on any atom is -0.408 e. The summed E-state index contributed by atoms with van der Waals surface area (Å²) in [5.74, 6) is -0.0959. The zero-order valence-corrected chi connectivity index (χ0v) is 19.9. The minimum absolute atomic E-state index is 0.196. The summed E-state index contributed by atoms with van der Waals surface area (Å²) >= 11 is 0. The van der Waals surface area contributed by atoms with Crippen molar-refractivity contribution in [3.63, 3.8) is 0 Å². The Morgan fingerprint density at radius 1 is 1.08 bits per heavy atom. The Bertz CT molecular complexity index is 1600. The molecular formula is C26H24N6O4. The van der Waals surface area contributed by atoms with E-state index < -0.39 is 11.3 Å². The normalized spacial score (nSPS) is 16.5. The zero-order chi connectivity index (χ0) is 25.0. The van der Waals surface area contributed by atoms with Crippen molar-refractivity contribution in [2.75, 3.05) is 23.3 Å². The van der Waals surface area contributed by atoms with Crippen LogP contribution < -0.4 is 21.3 Å². The van der Waals surface area contributed by atoms with Crippen LogP contribution in [0.25, 0.3) is 11.1 Å². The van der Waals surface area contributed by atoms with Crippen molar-refractivity contribution < 1.29 is 14.0 Å². The first-order valence-corrected chi connectivity index (χ1v) is 11.8. The van der Waals surface area contributed by atoms with Crippen LogP contribution in [0.3, 0.4) is 0 Å². The molecule has 36 heavy (non-hydrogen) atoms. The van der Waals surface area contributed by atoms with Gasteiger partial charge in [-0.25, -0.2) is 19.6 Å². The maximum atomic E-state index is 13.3. The lowest BCUT2D eigenvalue weighted by Crippen LogP contribution is -2.57. The van der Waals surface area contributed by atoms with Crippen LogP contribution in [-0.2, 0) is 12.6 Å². The van der Waals surface area contributed by atoms with Crippen LogP contribution >= 0.6 is 0 Å². The van der Waals surface area contributed by atoms with E-state index in [1.54, 1.807) is 25.2 Å². The molecule has 10 nitrogen and oxygen atoms in total. The van der Waals surface area contributed by atoms with Gasteiger partial charge < -0.3 is 20.0 Å². The second-order valence-corrected chi connectivity index (χ2v) is 9.35. The molecule has 1 spiro atoms. The van der Waals surface area contributed by atoms with Gasteiger partial charge in [0, 0.05) is 43.0 Å². The standard InChI is InChI=1S/C26H24N6O4/c1-15-11-16(12-20-22(15)31(2)25(35)36-20)23(33)19-13-21(28-14-27-19)32-9-7-26(8-10-32)17-5-3-4-6-18(17)29-24(34)30-26/h3-6,11-14H,7-10H2,1-2H3,(H2,29,30,34). The van der Waals surface area contributed by atoms with E-state index in [2.05, 4.69) is 25.5 Å². The quantitative estimate of drug-likeness (QED) is 0.429. The topological polar surface area (TPSA) is 122 Å². The summed E-state index contributed by atoms with van der Waals surface area (Å²) in [4.78, 5) is 48.3. The summed E-state index contributed by atoms with van der Waals surface area (Å²) in [6.07, 6.45) is 2.80. The van der Waals surface area contributed by atoms with E-state index in [-0.39, 0.29) is 17.5 Å². The van der Waals surface area contributed by atoms with Crippen LogP contribution in [0.1, 0.15) is 40.0 Å². The maximum absolute atomic E-state index is 13.3. The predicted octanol–water partition coefficient (Wildman–Crippen LogP) is 3.09. The minimum atomic E-state index is -0.475. The summed E-state index contributed by atoms with van der Waals surface area (Å²) in [7, 11) is 1.63. The molecular weight excluding hydrogens is 460 g/mol. The molecule has 2 N–H and O–H groups in total. The smallest absolute Gasteiger partial charge is 0.408 e. The molecule has 0 saturated carbocycles. The monoisotopic (exact) mass is 484 g/mol. The van der Waals surface area contributed by atoms with Gasteiger partial charge in [0.1, 0.15) is 17.8 Å². The Morgan fingerprint density at radius 2 is 1.86 bits per heavy atom. The third-order valence-corrected chi connectivity index (χ3v) is 7.20. The fourth-order valence-electron chi connectivity index (χ4n) is 5.39. The van der Waals surface area contributed by atoms with E-state index in [0.29, 0.717) is 48.4 Å². The Hall–Kier alpha value is -4.47. The number of nitrogens with zero attached hydrogens (tertiary/aromatic N) is 4. The van der Waals surface area contributed by atoms with Crippen molar-refractivity contribution in [3.05, 3.63) is 81.7 Å². The van der Waals surface area contributed by atoms with E-state index in [0.717, 1.165) is 16.8 Å². The first-order chi connectivity index (χ1) is 17.3. The second kappa shape index (κ2) is 8.04. The second-order valence-electron chi connectivity index (χ2n) is 9.35. The van der Waals surface area contributed by atoms with Crippen LogP contribution in [0.5, 0.6) is 0 Å². The number of aryl methyl sites for hydroxylation is 2. The Balaban J connectivity index is 1.26. The number of oxazole rings is 1. The molecule has 2 amide bonds. The fraction of sp³-hybridized carbons (Fsp3) is 0.269. The molecule has 1 saturated heterocycles. The summed E-state index contributed by atoms with van der Waals surface area (Å²) in [5.41, 5.74) is 3.94. The number of carbonyl (C=O) groups is 2. The number of hydrogen-bond acceptors (Lipinski definition) is 7. The number of benzene rings is 2. The number of carbonyl (C=O) groups excluding carboxylic acids is 2.